The van der Waals surface area contributed by atoms with E-state index in [2.05, 4.69) is 64.5 Å². The molecule has 2 aromatic heterocycles. The van der Waals surface area contributed by atoms with E-state index in [9.17, 15) is 0 Å². The summed E-state index contributed by atoms with van der Waals surface area (Å²) < 4.78 is 2.00. The summed E-state index contributed by atoms with van der Waals surface area (Å²) in [5.41, 5.74) is 4.37. The van der Waals surface area contributed by atoms with E-state index in [-0.39, 0.29) is 0 Å². The van der Waals surface area contributed by atoms with Crippen molar-refractivity contribution in [2.75, 3.05) is 16.8 Å². The second-order valence-electron chi connectivity index (χ2n) is 9.91. The molecule has 6 nitrogen and oxygen atoms in total. The van der Waals surface area contributed by atoms with Crippen molar-refractivity contribution in [2.24, 2.45) is 7.05 Å². The molecular weight excluding hydrogens is 428 g/mol. The van der Waals surface area contributed by atoms with Gasteiger partial charge in [-0.25, -0.2) is 9.97 Å². The van der Waals surface area contributed by atoms with Crippen molar-refractivity contribution in [2.45, 2.75) is 76.4 Å². The van der Waals surface area contributed by atoms with Gasteiger partial charge in [-0.05, 0) is 74.1 Å². The van der Waals surface area contributed by atoms with E-state index >= 15 is 0 Å². The molecule has 33 heavy (non-hydrogen) atoms. The third kappa shape index (κ3) is 5.19. The van der Waals surface area contributed by atoms with Gasteiger partial charge in [0.25, 0.3) is 0 Å². The van der Waals surface area contributed by atoms with Crippen molar-refractivity contribution in [3.05, 3.63) is 36.2 Å². The Hall–Kier alpha value is -2.12. The Morgan fingerprint density at radius 2 is 1.70 bits per heavy atom. The summed E-state index contributed by atoms with van der Waals surface area (Å²) in [6.45, 7) is 4.43. The standard InChI is InChI=1S/C26H36N6S/c1-17(2)25-22-16-18(4-9-24(22)31-32(25)3)23-10-13-27-26(30-23)29-20-7-5-19(6-8-20)28-21-11-14-33-15-12-21/h4,9-10,13,16-17,19-21,28H,5-8,11-12,14-15H2,1-3H3,(H,27,29,30)/t19-,20-. The number of rotatable bonds is 6. The van der Waals surface area contributed by atoms with E-state index in [0.717, 1.165) is 28.8 Å². The summed E-state index contributed by atoms with van der Waals surface area (Å²) in [6.07, 6.45) is 9.33. The molecule has 0 amide bonds. The summed E-state index contributed by atoms with van der Waals surface area (Å²) in [5.74, 6) is 3.78. The predicted molar refractivity (Wildman–Crippen MR) is 139 cm³/mol. The maximum absolute atomic E-state index is 4.87. The van der Waals surface area contributed by atoms with Crippen LogP contribution in [0.1, 0.15) is 64.0 Å². The van der Waals surface area contributed by atoms with Crippen LogP contribution in [0.4, 0.5) is 5.95 Å². The molecule has 5 rings (SSSR count). The third-order valence-corrected chi connectivity index (χ3v) is 8.18. The lowest BCUT2D eigenvalue weighted by Crippen LogP contribution is -2.43. The lowest BCUT2D eigenvalue weighted by Gasteiger charge is -2.33. The van der Waals surface area contributed by atoms with Gasteiger partial charge in [-0.2, -0.15) is 16.9 Å². The average molecular weight is 465 g/mol. The number of thioether (sulfide) groups is 1. The highest BCUT2D eigenvalue weighted by Crippen LogP contribution is 2.30. The zero-order valence-electron chi connectivity index (χ0n) is 20.1. The Labute approximate surface area is 201 Å². The molecular formula is C26H36N6S. The Kier molecular flexibility index (Phi) is 6.88. The number of hydrogen-bond acceptors (Lipinski definition) is 6. The van der Waals surface area contributed by atoms with Crippen LogP contribution in [0, 0.1) is 0 Å². The molecule has 2 N–H and O–H groups in total. The topological polar surface area (TPSA) is 67.7 Å². The number of benzene rings is 1. The first kappa shape index (κ1) is 22.7. The predicted octanol–water partition coefficient (Wildman–Crippen LogP) is 5.36. The highest BCUT2D eigenvalue weighted by molar-refractivity contribution is 7.99. The summed E-state index contributed by atoms with van der Waals surface area (Å²) in [6, 6.07) is 10.3. The molecule has 2 aliphatic rings. The van der Waals surface area contributed by atoms with Crippen molar-refractivity contribution in [3.8, 4) is 11.3 Å². The van der Waals surface area contributed by atoms with Crippen molar-refractivity contribution < 1.29 is 0 Å². The lowest BCUT2D eigenvalue weighted by atomic mass is 9.90. The van der Waals surface area contributed by atoms with E-state index in [0.29, 0.717) is 18.0 Å². The molecule has 1 aliphatic heterocycles. The Balaban J connectivity index is 1.24. The monoisotopic (exact) mass is 464 g/mol. The molecule has 0 unspecified atom stereocenters. The molecule has 1 saturated carbocycles. The van der Waals surface area contributed by atoms with Gasteiger partial charge in [0, 0.05) is 48.0 Å². The Morgan fingerprint density at radius 1 is 0.970 bits per heavy atom. The van der Waals surface area contributed by atoms with Crippen molar-refractivity contribution in [1.82, 2.24) is 25.1 Å². The van der Waals surface area contributed by atoms with Crippen LogP contribution in [0.5, 0.6) is 0 Å². The fourth-order valence-corrected chi connectivity index (χ4v) is 6.54. The molecule has 3 aromatic rings. The second-order valence-corrected chi connectivity index (χ2v) is 11.1. The molecule has 7 heteroatoms. The minimum Gasteiger partial charge on any atom is -0.351 e. The highest BCUT2D eigenvalue weighted by Gasteiger charge is 2.24. The third-order valence-electron chi connectivity index (χ3n) is 7.13. The van der Waals surface area contributed by atoms with Crippen LogP contribution in [0.3, 0.4) is 0 Å². The van der Waals surface area contributed by atoms with Crippen LogP contribution in [0.25, 0.3) is 22.2 Å². The van der Waals surface area contributed by atoms with Gasteiger partial charge in [-0.1, -0.05) is 19.9 Å². The fraction of sp³-hybridized carbons (Fsp3) is 0.577. The Bertz CT molecular complexity index is 1080. The number of fused-ring (bicyclic) bond motifs is 1. The smallest absolute Gasteiger partial charge is 0.223 e. The van der Waals surface area contributed by atoms with Crippen LogP contribution in [-0.2, 0) is 7.05 Å². The van der Waals surface area contributed by atoms with Gasteiger partial charge in [0.1, 0.15) is 0 Å². The van der Waals surface area contributed by atoms with E-state index in [1.165, 1.54) is 61.1 Å². The van der Waals surface area contributed by atoms with Crippen LogP contribution in [0.15, 0.2) is 30.5 Å². The zero-order valence-corrected chi connectivity index (χ0v) is 20.9. The normalized spacial score (nSPS) is 22.2. The zero-order chi connectivity index (χ0) is 22.8. The maximum atomic E-state index is 4.87. The van der Waals surface area contributed by atoms with E-state index in [1.54, 1.807) is 0 Å². The molecule has 1 aromatic carbocycles. The van der Waals surface area contributed by atoms with Gasteiger partial charge >= 0.3 is 0 Å². The summed E-state index contributed by atoms with van der Waals surface area (Å²) in [5, 5.41) is 13.4. The molecule has 0 bridgehead atoms. The number of hydrogen-bond donors (Lipinski definition) is 2. The van der Waals surface area contributed by atoms with Gasteiger partial charge in [0.2, 0.25) is 5.95 Å². The van der Waals surface area contributed by atoms with Crippen molar-refractivity contribution in [3.63, 3.8) is 0 Å². The minimum absolute atomic E-state index is 0.416. The molecule has 1 aliphatic carbocycles. The quantitative estimate of drug-likeness (QED) is 0.512. The first-order chi connectivity index (χ1) is 16.1. The van der Waals surface area contributed by atoms with Gasteiger partial charge in [-0.15, -0.1) is 0 Å². The minimum atomic E-state index is 0.416. The van der Waals surface area contributed by atoms with E-state index < -0.39 is 0 Å². The van der Waals surface area contributed by atoms with Gasteiger partial charge < -0.3 is 10.6 Å². The number of aromatic nitrogens is 4. The number of aryl methyl sites for hydroxylation is 1. The summed E-state index contributed by atoms with van der Waals surface area (Å²) in [4.78, 5) is 9.40. The SMILES string of the molecule is CC(C)c1c2cc(-c3ccnc(N[C@H]4CC[C@H](NC5CCSCC5)CC4)n3)ccc2nn1C. The maximum Gasteiger partial charge on any atom is 0.223 e. The van der Waals surface area contributed by atoms with E-state index in [1.807, 2.05) is 24.0 Å². The lowest BCUT2D eigenvalue weighted by molar-refractivity contribution is 0.313. The molecule has 1 saturated heterocycles. The Morgan fingerprint density at radius 3 is 2.45 bits per heavy atom. The van der Waals surface area contributed by atoms with Crippen LogP contribution < -0.4 is 10.6 Å². The van der Waals surface area contributed by atoms with E-state index in [4.69, 9.17) is 4.98 Å². The first-order valence-electron chi connectivity index (χ1n) is 12.5. The van der Waals surface area contributed by atoms with Gasteiger partial charge in [0.05, 0.1) is 11.2 Å². The molecule has 2 fully saturated rings. The van der Waals surface area contributed by atoms with Gasteiger partial charge in [-0.3, -0.25) is 4.68 Å². The highest BCUT2D eigenvalue weighted by atomic mass is 32.2. The van der Waals surface area contributed by atoms with Crippen molar-refractivity contribution in [1.29, 1.82) is 0 Å². The van der Waals surface area contributed by atoms with Gasteiger partial charge in [0.15, 0.2) is 0 Å². The van der Waals surface area contributed by atoms with Crippen LogP contribution >= 0.6 is 11.8 Å². The van der Waals surface area contributed by atoms with Crippen molar-refractivity contribution >= 4 is 28.6 Å². The number of nitrogens with one attached hydrogen (secondary N) is 2. The average Bonchev–Trinajstić information content (AvgIpc) is 3.16. The largest absolute Gasteiger partial charge is 0.351 e. The number of anilines is 1. The number of nitrogens with zero attached hydrogens (tertiary/aromatic N) is 4. The molecule has 3 heterocycles. The second kappa shape index (κ2) is 10.0. The summed E-state index contributed by atoms with van der Waals surface area (Å²) in [7, 11) is 2.03. The molecule has 176 valence electrons. The molecule has 0 atom stereocenters. The van der Waals surface area contributed by atoms with Crippen LogP contribution in [0.2, 0.25) is 0 Å². The molecule has 0 radical (unpaired) electrons. The summed E-state index contributed by atoms with van der Waals surface area (Å²) >= 11 is 2.10. The fourth-order valence-electron chi connectivity index (χ4n) is 5.44. The molecule has 0 spiro atoms. The van der Waals surface area contributed by atoms with Crippen LogP contribution in [-0.4, -0.2) is 49.4 Å². The first-order valence-corrected chi connectivity index (χ1v) is 13.6.